The van der Waals surface area contributed by atoms with Crippen LogP contribution in [0.25, 0.3) is 0 Å². The molecule has 0 unspecified atom stereocenters. The molecule has 0 aromatic heterocycles. The molecule has 0 aliphatic heterocycles. The summed E-state index contributed by atoms with van der Waals surface area (Å²) in [4.78, 5) is 0. The molecule has 8 heteroatoms. The number of amidine groups is 1. The van der Waals surface area contributed by atoms with Crippen molar-refractivity contribution < 1.29 is 18.7 Å². The topological polar surface area (TPSA) is 67.8 Å². The van der Waals surface area contributed by atoms with Gasteiger partial charge in [0.1, 0.15) is 10.8 Å². The normalized spacial score (nSPS) is 11.5. The number of hydrogen-bond donors (Lipinski definition) is 2. The number of oxime groups is 1. The fourth-order valence-corrected chi connectivity index (χ4v) is 1.87. The van der Waals surface area contributed by atoms with Gasteiger partial charge < -0.3 is 15.7 Å². The van der Waals surface area contributed by atoms with Gasteiger partial charge >= 0.3 is 0 Å². The van der Waals surface area contributed by atoms with E-state index >= 15 is 0 Å². The van der Waals surface area contributed by atoms with E-state index in [0.717, 1.165) is 12.1 Å². The molecule has 2 aromatic carbocycles. The highest BCUT2D eigenvalue weighted by atomic mass is 35.5. The largest absolute Gasteiger partial charge is 0.450 e. The highest BCUT2D eigenvalue weighted by Crippen LogP contribution is 2.36. The van der Waals surface area contributed by atoms with Gasteiger partial charge in [-0.2, -0.15) is 0 Å². The Labute approximate surface area is 128 Å². The van der Waals surface area contributed by atoms with Crippen LogP contribution in [0.2, 0.25) is 10.0 Å². The third kappa shape index (κ3) is 3.17. The average Bonchev–Trinajstić information content (AvgIpc) is 2.46. The van der Waals surface area contributed by atoms with Gasteiger partial charge in [-0.05, 0) is 24.3 Å². The molecule has 0 bridgehead atoms. The molecule has 0 aliphatic carbocycles. The van der Waals surface area contributed by atoms with Gasteiger partial charge in [0.2, 0.25) is 0 Å². The maximum atomic E-state index is 13.9. The summed E-state index contributed by atoms with van der Waals surface area (Å²) in [7, 11) is 0. The molecule has 3 N–H and O–H groups in total. The molecule has 2 aromatic rings. The first-order valence-electron chi connectivity index (χ1n) is 5.53. The Morgan fingerprint density at radius 1 is 1.19 bits per heavy atom. The minimum Gasteiger partial charge on any atom is -0.450 e. The molecule has 110 valence electrons. The number of ether oxygens (including phenoxy) is 1. The van der Waals surface area contributed by atoms with Crippen molar-refractivity contribution in [1.29, 1.82) is 0 Å². The van der Waals surface area contributed by atoms with Crippen molar-refractivity contribution in [2.75, 3.05) is 0 Å². The maximum Gasteiger partial charge on any atom is 0.198 e. The Morgan fingerprint density at radius 2 is 1.81 bits per heavy atom. The molecule has 0 heterocycles. The maximum absolute atomic E-state index is 13.9. The lowest BCUT2D eigenvalue weighted by Crippen LogP contribution is -2.14. The van der Waals surface area contributed by atoms with E-state index in [1.807, 2.05) is 0 Å². The summed E-state index contributed by atoms with van der Waals surface area (Å²) in [5, 5.41) is 11.4. The van der Waals surface area contributed by atoms with Crippen molar-refractivity contribution in [3.8, 4) is 11.5 Å². The highest BCUT2D eigenvalue weighted by molar-refractivity contribution is 6.42. The fraction of sp³-hybridized carbons (Fsp3) is 0. The Kier molecular flexibility index (Phi) is 4.50. The summed E-state index contributed by atoms with van der Waals surface area (Å²) >= 11 is 11.7. The molecule has 21 heavy (non-hydrogen) atoms. The van der Waals surface area contributed by atoms with Crippen molar-refractivity contribution in [3.63, 3.8) is 0 Å². The van der Waals surface area contributed by atoms with Crippen LogP contribution in [0.5, 0.6) is 11.5 Å². The minimum atomic E-state index is -1.03. The molecule has 2 rings (SSSR count). The summed E-state index contributed by atoms with van der Waals surface area (Å²) in [5.41, 5.74) is 5.14. The first kappa shape index (κ1) is 15.3. The lowest BCUT2D eigenvalue weighted by molar-refractivity contribution is 0.318. The van der Waals surface area contributed by atoms with Crippen LogP contribution in [0.4, 0.5) is 8.78 Å². The van der Waals surface area contributed by atoms with Gasteiger partial charge in [0.25, 0.3) is 0 Å². The van der Waals surface area contributed by atoms with Crippen molar-refractivity contribution in [1.82, 2.24) is 0 Å². The molecule has 0 saturated carbocycles. The van der Waals surface area contributed by atoms with Crippen molar-refractivity contribution >= 4 is 29.0 Å². The molecule has 0 saturated heterocycles. The van der Waals surface area contributed by atoms with E-state index in [1.54, 1.807) is 0 Å². The van der Waals surface area contributed by atoms with Gasteiger partial charge in [0.05, 0.1) is 5.02 Å². The van der Waals surface area contributed by atoms with Crippen molar-refractivity contribution in [3.05, 3.63) is 57.6 Å². The number of halogens is 4. The van der Waals surface area contributed by atoms with Gasteiger partial charge in [-0.1, -0.05) is 34.4 Å². The summed E-state index contributed by atoms with van der Waals surface area (Å²) in [6, 6.07) is 6.16. The van der Waals surface area contributed by atoms with Crippen LogP contribution in [0.3, 0.4) is 0 Å². The molecule has 0 amide bonds. The van der Waals surface area contributed by atoms with Gasteiger partial charge in [0.15, 0.2) is 23.2 Å². The molecule has 0 atom stereocenters. The summed E-state index contributed by atoms with van der Waals surface area (Å²) in [6.07, 6.45) is 0. The van der Waals surface area contributed by atoms with Gasteiger partial charge in [-0.15, -0.1) is 0 Å². The van der Waals surface area contributed by atoms with E-state index < -0.39 is 23.2 Å². The van der Waals surface area contributed by atoms with E-state index in [2.05, 4.69) is 5.16 Å². The first-order chi connectivity index (χ1) is 9.93. The summed E-state index contributed by atoms with van der Waals surface area (Å²) in [5.74, 6) is -3.17. The van der Waals surface area contributed by atoms with E-state index in [1.165, 1.54) is 18.2 Å². The zero-order valence-corrected chi connectivity index (χ0v) is 11.8. The molecular formula is C13H8Cl2F2N2O2. The SMILES string of the molecule is N/C(=N/O)c1cc(F)c(Oc2cccc(Cl)c2Cl)c(F)c1. The zero-order chi connectivity index (χ0) is 15.6. The molecule has 0 aliphatic rings. The minimum absolute atomic E-state index is 0.00138. The number of nitrogens with zero attached hydrogens (tertiary/aromatic N) is 1. The lowest BCUT2D eigenvalue weighted by Gasteiger charge is -2.11. The number of nitrogens with two attached hydrogens (primary N) is 1. The predicted octanol–water partition coefficient (Wildman–Crippen LogP) is 4.16. The highest BCUT2D eigenvalue weighted by Gasteiger charge is 2.17. The van der Waals surface area contributed by atoms with Crippen LogP contribution >= 0.6 is 23.2 Å². The second-order valence-corrected chi connectivity index (χ2v) is 4.69. The Morgan fingerprint density at radius 3 is 2.38 bits per heavy atom. The standard InChI is InChI=1S/C13H8Cl2F2N2O2/c14-7-2-1-3-10(11(7)15)21-12-8(16)4-6(5-9(12)17)13(18)19-20/h1-5,20H,(H2,18,19). The van der Waals surface area contributed by atoms with Gasteiger partial charge in [-0.3, -0.25) is 0 Å². The lowest BCUT2D eigenvalue weighted by atomic mass is 10.2. The number of benzene rings is 2. The first-order valence-corrected chi connectivity index (χ1v) is 6.28. The van der Waals surface area contributed by atoms with Crippen LogP contribution in [0, 0.1) is 11.6 Å². The van der Waals surface area contributed by atoms with Crippen LogP contribution < -0.4 is 10.5 Å². The van der Waals surface area contributed by atoms with Gasteiger partial charge in [0, 0.05) is 5.56 Å². The summed E-state index contributed by atoms with van der Waals surface area (Å²) < 4.78 is 32.9. The van der Waals surface area contributed by atoms with Crippen molar-refractivity contribution in [2.24, 2.45) is 10.9 Å². The second-order valence-electron chi connectivity index (χ2n) is 3.91. The van der Waals surface area contributed by atoms with Crippen LogP contribution in [-0.4, -0.2) is 11.0 Å². The second kappa shape index (κ2) is 6.15. The Bertz CT molecular complexity index is 700. The van der Waals surface area contributed by atoms with E-state index in [4.69, 9.17) is 38.9 Å². The third-order valence-electron chi connectivity index (χ3n) is 2.53. The monoisotopic (exact) mass is 332 g/mol. The quantitative estimate of drug-likeness (QED) is 0.384. The van der Waals surface area contributed by atoms with Crippen molar-refractivity contribution in [2.45, 2.75) is 0 Å². The third-order valence-corrected chi connectivity index (χ3v) is 3.33. The fourth-order valence-electron chi connectivity index (χ4n) is 1.54. The smallest absolute Gasteiger partial charge is 0.198 e. The molecular weight excluding hydrogens is 325 g/mol. The van der Waals surface area contributed by atoms with Gasteiger partial charge in [-0.25, -0.2) is 8.78 Å². The van der Waals surface area contributed by atoms with Crippen LogP contribution in [0.15, 0.2) is 35.5 Å². The predicted molar refractivity (Wildman–Crippen MR) is 75.4 cm³/mol. The van der Waals surface area contributed by atoms with E-state index in [-0.39, 0.29) is 21.4 Å². The summed E-state index contributed by atoms with van der Waals surface area (Å²) in [6.45, 7) is 0. The molecule has 4 nitrogen and oxygen atoms in total. The molecule has 0 radical (unpaired) electrons. The molecule has 0 fully saturated rings. The number of hydrogen-bond acceptors (Lipinski definition) is 3. The average molecular weight is 333 g/mol. The Balaban J connectivity index is 2.44. The van der Waals surface area contributed by atoms with Crippen LogP contribution in [0.1, 0.15) is 5.56 Å². The van der Waals surface area contributed by atoms with Crippen LogP contribution in [-0.2, 0) is 0 Å². The van der Waals surface area contributed by atoms with E-state index in [9.17, 15) is 8.78 Å². The number of rotatable bonds is 3. The van der Waals surface area contributed by atoms with E-state index in [0.29, 0.717) is 0 Å². The molecule has 0 spiro atoms. The zero-order valence-electron chi connectivity index (χ0n) is 10.3. The Hall–Kier alpha value is -2.05.